The summed E-state index contributed by atoms with van der Waals surface area (Å²) in [4.78, 5) is 75.0. The van der Waals surface area contributed by atoms with Crippen LogP contribution in [0.3, 0.4) is 0 Å². The fraction of sp³-hybridized carbons (Fsp3) is 0.520. The molecule has 1 heterocycles. The Morgan fingerprint density at radius 1 is 0.846 bits per heavy atom. The van der Waals surface area contributed by atoms with Crippen molar-refractivity contribution in [2.75, 3.05) is 6.54 Å². The largest absolute Gasteiger partial charge is 0.478 e. The van der Waals surface area contributed by atoms with E-state index in [0.29, 0.717) is 6.42 Å². The van der Waals surface area contributed by atoms with Gasteiger partial charge in [-0.1, -0.05) is 27.7 Å². The van der Waals surface area contributed by atoms with Crippen molar-refractivity contribution in [2.45, 2.75) is 64.8 Å². The second-order valence-electron chi connectivity index (χ2n) is 9.89. The topological polar surface area (TPSA) is 170 Å². The molecule has 0 bridgehead atoms. The van der Waals surface area contributed by atoms with Crippen LogP contribution in [0.1, 0.15) is 71.6 Å². The van der Waals surface area contributed by atoms with E-state index in [0.717, 1.165) is 23.1 Å². The molecule has 0 spiro atoms. The minimum Gasteiger partial charge on any atom is -0.478 e. The van der Waals surface area contributed by atoms with Crippen molar-refractivity contribution in [2.24, 2.45) is 11.8 Å². The molecule has 0 aliphatic carbocycles. The second-order valence-corrected chi connectivity index (χ2v) is 9.89. The van der Waals surface area contributed by atoms with Crippen molar-refractivity contribution in [3.05, 3.63) is 34.9 Å². The number of carbonyl (C=O) groups is 6. The third-order valence-electron chi connectivity index (χ3n) is 6.27. The molecule has 0 saturated carbocycles. The summed E-state index contributed by atoms with van der Waals surface area (Å²) in [6, 6.07) is -1.52. The van der Waals surface area contributed by atoms with E-state index in [2.05, 4.69) is 10.6 Å². The van der Waals surface area contributed by atoms with E-state index in [1.54, 1.807) is 13.8 Å². The average molecular weight is 558 g/mol. The zero-order valence-corrected chi connectivity index (χ0v) is 21.7. The van der Waals surface area contributed by atoms with Crippen molar-refractivity contribution in [3.8, 4) is 0 Å². The van der Waals surface area contributed by atoms with Crippen LogP contribution < -0.4 is 10.6 Å². The Balaban J connectivity index is 2.28. The summed E-state index contributed by atoms with van der Waals surface area (Å²) in [5.41, 5.74) is -1.25. The fourth-order valence-corrected chi connectivity index (χ4v) is 4.19. The zero-order chi connectivity index (χ0) is 29.8. The number of hydrogen-bond donors (Lipinski definition) is 4. The summed E-state index contributed by atoms with van der Waals surface area (Å²) >= 11 is 0. The predicted octanol–water partition coefficient (Wildman–Crippen LogP) is 2.10. The molecule has 3 atom stereocenters. The van der Waals surface area contributed by atoms with Gasteiger partial charge in [-0.15, -0.1) is 0 Å². The van der Waals surface area contributed by atoms with Gasteiger partial charge in [-0.25, -0.2) is 9.59 Å². The zero-order valence-electron chi connectivity index (χ0n) is 21.7. The highest BCUT2D eigenvalue weighted by atomic mass is 19.4. The second kappa shape index (κ2) is 12.3. The highest BCUT2D eigenvalue weighted by Gasteiger charge is 2.46. The minimum atomic E-state index is -5.17. The van der Waals surface area contributed by atoms with Crippen molar-refractivity contribution in [1.29, 1.82) is 0 Å². The normalized spacial score (nSPS) is 17.1. The van der Waals surface area contributed by atoms with Gasteiger partial charge >= 0.3 is 18.1 Å². The van der Waals surface area contributed by atoms with E-state index in [-0.39, 0.29) is 18.5 Å². The van der Waals surface area contributed by atoms with Crippen molar-refractivity contribution in [1.82, 2.24) is 15.5 Å². The highest BCUT2D eigenvalue weighted by molar-refractivity contribution is 6.03. The molecule has 1 aliphatic rings. The quantitative estimate of drug-likeness (QED) is 0.339. The van der Waals surface area contributed by atoms with Gasteiger partial charge in [0.2, 0.25) is 11.8 Å². The van der Waals surface area contributed by atoms with Crippen molar-refractivity contribution >= 4 is 35.4 Å². The molecule has 1 aliphatic heterocycles. The number of amides is 3. The first-order valence-corrected chi connectivity index (χ1v) is 12.1. The van der Waals surface area contributed by atoms with Crippen LogP contribution in [0, 0.1) is 11.8 Å². The lowest BCUT2D eigenvalue weighted by Crippen LogP contribution is -2.58. The van der Waals surface area contributed by atoms with Crippen molar-refractivity contribution < 1.29 is 52.2 Å². The molecule has 4 N–H and O–H groups in total. The van der Waals surface area contributed by atoms with Crippen LogP contribution in [0.15, 0.2) is 18.2 Å². The Kier molecular flexibility index (Phi) is 9.82. The van der Waals surface area contributed by atoms with Crippen LogP contribution >= 0.6 is 0 Å². The molecule has 11 nitrogen and oxygen atoms in total. The van der Waals surface area contributed by atoms with E-state index < -0.39 is 82.7 Å². The van der Waals surface area contributed by atoms with Crippen LogP contribution in [-0.2, 0) is 14.4 Å². The maximum atomic E-state index is 13.4. The summed E-state index contributed by atoms with van der Waals surface area (Å²) < 4.78 is 39.0. The van der Waals surface area contributed by atoms with E-state index in [1.165, 1.54) is 13.8 Å². The molecular formula is C25H30F3N3O8. The number of benzene rings is 1. The highest BCUT2D eigenvalue weighted by Crippen LogP contribution is 2.24. The summed E-state index contributed by atoms with van der Waals surface area (Å²) in [6.07, 6.45) is -4.71. The molecule has 3 amide bonds. The summed E-state index contributed by atoms with van der Waals surface area (Å²) in [7, 11) is 0. The SMILES string of the molecule is CC(C)C(NC(=O)C1CCCN1C(=O)[C@@H](NC(=O)c1cc(C(=O)O)cc(C(=O)O)c1)C(C)C)C(=O)C(F)(F)F. The smallest absolute Gasteiger partial charge is 0.452 e. The number of alkyl halides is 3. The Morgan fingerprint density at radius 2 is 1.33 bits per heavy atom. The minimum absolute atomic E-state index is 0.0627. The Morgan fingerprint density at radius 3 is 1.77 bits per heavy atom. The molecule has 0 radical (unpaired) electrons. The molecule has 1 aromatic carbocycles. The number of carbonyl (C=O) groups excluding carboxylic acids is 4. The molecule has 1 aromatic rings. The van der Waals surface area contributed by atoms with Gasteiger partial charge < -0.3 is 25.7 Å². The van der Waals surface area contributed by atoms with E-state index in [4.69, 9.17) is 0 Å². The number of halogens is 3. The third kappa shape index (κ3) is 7.54. The molecule has 39 heavy (non-hydrogen) atoms. The number of nitrogens with zero attached hydrogens (tertiary/aromatic N) is 1. The number of Topliss-reactive ketones (excluding diaryl/α,β-unsaturated/α-hetero) is 1. The number of ketones is 1. The number of carboxylic acids is 2. The maximum Gasteiger partial charge on any atom is 0.452 e. The molecule has 14 heteroatoms. The maximum absolute atomic E-state index is 13.4. The predicted molar refractivity (Wildman–Crippen MR) is 129 cm³/mol. The molecule has 2 rings (SSSR count). The van der Waals surface area contributed by atoms with Crippen LogP contribution in [0.5, 0.6) is 0 Å². The molecule has 0 aromatic heterocycles. The van der Waals surface area contributed by atoms with E-state index in [9.17, 15) is 52.2 Å². The number of carboxylic acid groups (broad SMARTS) is 2. The van der Waals surface area contributed by atoms with Crippen LogP contribution in [-0.4, -0.2) is 81.4 Å². The molecule has 2 unspecified atom stereocenters. The average Bonchev–Trinajstić information content (AvgIpc) is 3.33. The monoisotopic (exact) mass is 557 g/mol. The van der Waals surface area contributed by atoms with Gasteiger partial charge in [-0.05, 0) is 42.9 Å². The van der Waals surface area contributed by atoms with Crippen LogP contribution in [0.25, 0.3) is 0 Å². The number of rotatable bonds is 10. The number of nitrogens with one attached hydrogen (secondary N) is 2. The first kappa shape index (κ1) is 31.2. The molecule has 1 saturated heterocycles. The lowest BCUT2D eigenvalue weighted by atomic mass is 9.98. The van der Waals surface area contributed by atoms with Crippen LogP contribution in [0.2, 0.25) is 0 Å². The van der Waals surface area contributed by atoms with Gasteiger partial charge in [-0.3, -0.25) is 19.2 Å². The molecular weight excluding hydrogens is 527 g/mol. The van der Waals surface area contributed by atoms with Crippen LogP contribution in [0.4, 0.5) is 13.2 Å². The summed E-state index contributed by atoms with van der Waals surface area (Å²) in [6.45, 7) is 5.91. The van der Waals surface area contributed by atoms with E-state index >= 15 is 0 Å². The number of likely N-dealkylation sites (tertiary alicyclic amines) is 1. The number of aromatic carboxylic acids is 2. The van der Waals surface area contributed by atoms with Gasteiger partial charge in [0.05, 0.1) is 17.2 Å². The van der Waals surface area contributed by atoms with Gasteiger partial charge in [0.15, 0.2) is 0 Å². The number of hydrogen-bond acceptors (Lipinski definition) is 6. The first-order valence-electron chi connectivity index (χ1n) is 12.1. The standard InChI is InChI=1S/C25H30F3N3O8/c1-11(2)17(19(32)25(26,27)28)29-21(34)16-6-5-7-31(16)22(35)18(12(3)4)30-20(33)13-8-14(23(36)37)10-15(9-13)24(38)39/h8-12,16-18H,5-7H2,1-4H3,(H,29,34)(H,30,33)(H,36,37)(H,38,39)/t16?,17?,18-/m0/s1. The fourth-order valence-electron chi connectivity index (χ4n) is 4.19. The van der Waals surface area contributed by atoms with Crippen molar-refractivity contribution in [3.63, 3.8) is 0 Å². The van der Waals surface area contributed by atoms with Gasteiger partial charge in [0.1, 0.15) is 12.1 Å². The lowest BCUT2D eigenvalue weighted by Gasteiger charge is -2.32. The van der Waals surface area contributed by atoms with Gasteiger partial charge in [-0.2, -0.15) is 13.2 Å². The Labute approximate surface area is 221 Å². The third-order valence-corrected chi connectivity index (χ3v) is 6.27. The van der Waals surface area contributed by atoms with E-state index in [1.807, 2.05) is 0 Å². The first-order chi connectivity index (χ1) is 17.9. The molecule has 1 fully saturated rings. The van der Waals surface area contributed by atoms with Gasteiger partial charge in [0, 0.05) is 12.1 Å². The van der Waals surface area contributed by atoms with Gasteiger partial charge in [0.25, 0.3) is 11.7 Å². The Hall–Kier alpha value is -3.97. The Bertz CT molecular complexity index is 1130. The summed E-state index contributed by atoms with van der Waals surface area (Å²) in [5, 5.41) is 23.1. The summed E-state index contributed by atoms with van der Waals surface area (Å²) in [5.74, 6) is -9.09. The molecule has 214 valence electrons. The lowest BCUT2D eigenvalue weighted by molar-refractivity contribution is -0.175.